The Morgan fingerprint density at radius 2 is 1.92 bits per heavy atom. The molecular weight excluding hydrogens is 336 g/mol. The van der Waals surface area contributed by atoms with E-state index in [9.17, 15) is 9.59 Å². The highest BCUT2D eigenvalue weighted by molar-refractivity contribution is 7.80. The van der Waals surface area contributed by atoms with Gasteiger partial charge in [0, 0.05) is 12.6 Å². The maximum Gasteiger partial charge on any atom is 0.251 e. The largest absolute Gasteiger partial charge is 0.353 e. The van der Waals surface area contributed by atoms with Crippen molar-refractivity contribution < 1.29 is 15.3 Å². The number of aryl methyl sites for hydroxylation is 1. The third-order valence-corrected chi connectivity index (χ3v) is 5.07. The molecule has 1 aromatic rings. The first-order valence-corrected chi connectivity index (χ1v) is 9.00. The smallest absolute Gasteiger partial charge is 0.251 e. The minimum absolute atomic E-state index is 0.0797. The maximum absolute atomic E-state index is 12.9. The molecule has 0 bridgehead atoms. The fourth-order valence-electron chi connectivity index (χ4n) is 3.24. The zero-order valence-electron chi connectivity index (χ0n) is 14.3. The number of benzene rings is 1. The number of nitrogens with one attached hydrogen (secondary N) is 1. The van der Waals surface area contributed by atoms with Crippen molar-refractivity contribution in [2.24, 2.45) is 10.9 Å². The van der Waals surface area contributed by atoms with E-state index in [2.05, 4.69) is 16.0 Å². The number of hydrogen-bond acceptors (Lipinski definition) is 4. The summed E-state index contributed by atoms with van der Waals surface area (Å²) in [5.41, 5.74) is 5.86. The zero-order valence-corrected chi connectivity index (χ0v) is 15.1. The first-order valence-electron chi connectivity index (χ1n) is 8.59. The van der Waals surface area contributed by atoms with E-state index in [0.29, 0.717) is 5.69 Å². The number of rotatable bonds is 3. The molecular formula is C18H23N4O2S+. The van der Waals surface area contributed by atoms with Crippen LogP contribution in [0.25, 0.3) is 0 Å². The minimum atomic E-state index is -0.956. The summed E-state index contributed by atoms with van der Waals surface area (Å²) in [5.74, 6) is -1.74. The summed E-state index contributed by atoms with van der Waals surface area (Å²) < 4.78 is 0. The molecule has 3 atom stereocenters. The van der Waals surface area contributed by atoms with E-state index in [0.717, 1.165) is 24.8 Å². The van der Waals surface area contributed by atoms with Crippen molar-refractivity contribution in [2.75, 3.05) is 4.90 Å². The highest BCUT2D eigenvalue weighted by atomic mass is 32.1. The Morgan fingerprint density at radius 1 is 1.24 bits per heavy atom. The fourth-order valence-corrected chi connectivity index (χ4v) is 3.54. The van der Waals surface area contributed by atoms with Crippen LogP contribution in [0.5, 0.6) is 0 Å². The summed E-state index contributed by atoms with van der Waals surface area (Å²) in [6, 6.07) is 7.76. The van der Waals surface area contributed by atoms with Crippen molar-refractivity contribution in [3.8, 4) is 0 Å². The van der Waals surface area contributed by atoms with Crippen molar-refractivity contribution in [1.82, 2.24) is 5.32 Å². The molecule has 0 spiro atoms. The standard InChI is InChI=1S/C18H22N4O2S/c1-11-6-8-12(9-7-11)22-17(24)13(16(23)21-18(22)25)10-20-15-5-3-2-4-14(15)19/h6-10,13-15H,2-5,19H2,1H3,(H,21,23,25)/p+1/t13-,14-,15+/m1/s1. The molecule has 1 aliphatic heterocycles. The molecule has 7 heteroatoms. The second kappa shape index (κ2) is 7.41. The SMILES string of the molecule is Cc1ccc(N2C(=O)[C@H](C=N[C@H]3CCCC[C@H]3[NH3+])C(=O)NC2=S)cc1. The lowest BCUT2D eigenvalue weighted by atomic mass is 9.91. The number of amides is 2. The number of aliphatic imine (C=N–C) groups is 1. The Bertz CT molecular complexity index is 716. The van der Waals surface area contributed by atoms with Gasteiger partial charge < -0.3 is 11.1 Å². The van der Waals surface area contributed by atoms with Crippen LogP contribution in [0.1, 0.15) is 31.2 Å². The van der Waals surface area contributed by atoms with E-state index in [1.54, 1.807) is 0 Å². The molecule has 25 heavy (non-hydrogen) atoms. The Labute approximate surface area is 152 Å². The first kappa shape index (κ1) is 17.7. The van der Waals surface area contributed by atoms with E-state index in [4.69, 9.17) is 12.2 Å². The second-order valence-corrected chi connectivity index (χ2v) is 7.08. The number of quaternary nitrogens is 1. The quantitative estimate of drug-likeness (QED) is 0.479. The second-order valence-electron chi connectivity index (χ2n) is 6.69. The number of carbonyl (C=O) groups excluding carboxylic acids is 2. The van der Waals surface area contributed by atoms with Gasteiger partial charge in [-0.1, -0.05) is 24.1 Å². The van der Waals surface area contributed by atoms with Crippen LogP contribution < -0.4 is 16.0 Å². The predicted octanol–water partition coefficient (Wildman–Crippen LogP) is 0.983. The summed E-state index contributed by atoms with van der Waals surface area (Å²) in [5, 5.41) is 2.72. The number of nitrogens with zero attached hydrogens (tertiary/aromatic N) is 2. The van der Waals surface area contributed by atoms with E-state index >= 15 is 0 Å². The molecule has 1 heterocycles. The van der Waals surface area contributed by atoms with Gasteiger partial charge in [-0.3, -0.25) is 19.5 Å². The maximum atomic E-state index is 12.9. The van der Waals surface area contributed by atoms with Gasteiger partial charge in [-0.05, 0) is 44.1 Å². The predicted molar refractivity (Wildman–Crippen MR) is 100 cm³/mol. The average Bonchev–Trinajstić information content (AvgIpc) is 2.57. The fraction of sp³-hybridized carbons (Fsp3) is 0.444. The van der Waals surface area contributed by atoms with Gasteiger partial charge in [-0.2, -0.15) is 0 Å². The molecule has 3 rings (SSSR count). The third kappa shape index (κ3) is 3.77. The summed E-state index contributed by atoms with van der Waals surface area (Å²) in [7, 11) is 0. The van der Waals surface area contributed by atoms with Crippen molar-refractivity contribution in [2.45, 2.75) is 44.7 Å². The van der Waals surface area contributed by atoms with E-state index in [1.807, 2.05) is 31.2 Å². The van der Waals surface area contributed by atoms with Crippen LogP contribution in [0.15, 0.2) is 29.3 Å². The number of hydrogen-bond donors (Lipinski definition) is 2. The Morgan fingerprint density at radius 3 is 2.60 bits per heavy atom. The van der Waals surface area contributed by atoms with Crippen LogP contribution in [0.3, 0.4) is 0 Å². The summed E-state index contributed by atoms with van der Waals surface area (Å²) in [4.78, 5) is 31.0. The van der Waals surface area contributed by atoms with Crippen LogP contribution >= 0.6 is 12.2 Å². The van der Waals surface area contributed by atoms with Crippen LogP contribution in [0.2, 0.25) is 0 Å². The number of thiocarbonyl (C=S) groups is 1. The molecule has 1 saturated heterocycles. The van der Waals surface area contributed by atoms with E-state index < -0.39 is 11.8 Å². The zero-order chi connectivity index (χ0) is 18.0. The molecule has 2 aliphatic rings. The molecule has 0 aromatic heterocycles. The van der Waals surface area contributed by atoms with Crippen LogP contribution in [-0.2, 0) is 9.59 Å². The van der Waals surface area contributed by atoms with Crippen molar-refractivity contribution >= 4 is 41.0 Å². The van der Waals surface area contributed by atoms with Gasteiger partial charge >= 0.3 is 0 Å². The lowest BCUT2D eigenvalue weighted by molar-refractivity contribution is -0.428. The Kier molecular flexibility index (Phi) is 5.24. The van der Waals surface area contributed by atoms with Gasteiger partial charge in [0.05, 0.1) is 5.69 Å². The van der Waals surface area contributed by atoms with Gasteiger partial charge in [0.1, 0.15) is 12.1 Å². The minimum Gasteiger partial charge on any atom is -0.353 e. The lowest BCUT2D eigenvalue weighted by Crippen LogP contribution is -2.66. The van der Waals surface area contributed by atoms with Gasteiger partial charge in [-0.15, -0.1) is 0 Å². The Balaban J connectivity index is 1.81. The third-order valence-electron chi connectivity index (χ3n) is 4.79. The summed E-state index contributed by atoms with van der Waals surface area (Å²) >= 11 is 5.20. The summed E-state index contributed by atoms with van der Waals surface area (Å²) in [6.45, 7) is 1.97. The van der Waals surface area contributed by atoms with Gasteiger partial charge in [0.2, 0.25) is 5.91 Å². The molecule has 1 aromatic carbocycles. The molecule has 4 N–H and O–H groups in total. The van der Waals surface area contributed by atoms with Crippen LogP contribution in [0, 0.1) is 12.8 Å². The normalized spacial score (nSPS) is 27.7. The topological polar surface area (TPSA) is 89.4 Å². The lowest BCUT2D eigenvalue weighted by Gasteiger charge is -2.31. The summed E-state index contributed by atoms with van der Waals surface area (Å²) in [6.07, 6.45) is 5.74. The monoisotopic (exact) mass is 359 g/mol. The van der Waals surface area contributed by atoms with Crippen molar-refractivity contribution in [3.05, 3.63) is 29.8 Å². The van der Waals surface area contributed by atoms with Crippen LogP contribution in [0.4, 0.5) is 5.69 Å². The molecule has 0 radical (unpaired) electrons. The average molecular weight is 359 g/mol. The first-order chi connectivity index (χ1) is 12.0. The molecule has 6 nitrogen and oxygen atoms in total. The Hall–Kier alpha value is -2.12. The molecule has 132 valence electrons. The van der Waals surface area contributed by atoms with Gasteiger partial charge in [-0.25, -0.2) is 0 Å². The molecule has 2 amide bonds. The van der Waals surface area contributed by atoms with Crippen molar-refractivity contribution in [3.63, 3.8) is 0 Å². The van der Waals surface area contributed by atoms with Crippen LogP contribution in [-0.4, -0.2) is 35.2 Å². The van der Waals surface area contributed by atoms with Crippen molar-refractivity contribution in [1.29, 1.82) is 0 Å². The van der Waals surface area contributed by atoms with Gasteiger partial charge in [0.15, 0.2) is 11.0 Å². The molecule has 0 unspecified atom stereocenters. The molecule has 2 fully saturated rings. The molecule has 1 aliphatic carbocycles. The highest BCUT2D eigenvalue weighted by Gasteiger charge is 2.38. The van der Waals surface area contributed by atoms with Gasteiger partial charge in [0.25, 0.3) is 5.91 Å². The number of carbonyl (C=O) groups is 2. The molecule has 1 saturated carbocycles. The van der Waals surface area contributed by atoms with E-state index in [1.165, 1.54) is 17.5 Å². The number of anilines is 1. The van der Waals surface area contributed by atoms with E-state index in [-0.39, 0.29) is 23.1 Å². The highest BCUT2D eigenvalue weighted by Crippen LogP contribution is 2.22.